The number of hydrogen-bond donors (Lipinski definition) is 0. The molecule has 0 amide bonds. The van der Waals surface area contributed by atoms with Gasteiger partial charge in [0.05, 0.1) is 29.0 Å². The molecule has 0 spiro atoms. The molecule has 1 aromatic rings. The van der Waals surface area contributed by atoms with Crippen LogP contribution in [0.4, 0.5) is 5.69 Å². The second-order valence-electron chi connectivity index (χ2n) is 5.36. The highest BCUT2D eigenvalue weighted by atomic mass is 35.5. The van der Waals surface area contributed by atoms with Crippen LogP contribution in [-0.4, -0.2) is 36.6 Å². The second-order valence-corrected chi connectivity index (χ2v) is 6.17. The molecule has 136 valence electrons. The number of aliphatic imine (C=N–C) groups is 1. The minimum Gasteiger partial charge on any atom is -0.462 e. The van der Waals surface area contributed by atoms with E-state index in [-0.39, 0.29) is 34.0 Å². The Labute approximate surface area is 156 Å². The Hall–Kier alpha value is -1.92. The number of benzene rings is 1. The molecule has 6 nitrogen and oxygen atoms in total. The number of esters is 2. The van der Waals surface area contributed by atoms with E-state index in [2.05, 4.69) is 4.99 Å². The highest BCUT2D eigenvalue weighted by Crippen LogP contribution is 2.33. The van der Waals surface area contributed by atoms with Gasteiger partial charge in [0.1, 0.15) is 5.78 Å². The van der Waals surface area contributed by atoms with Crippen molar-refractivity contribution in [2.24, 2.45) is 10.9 Å². The van der Waals surface area contributed by atoms with Crippen molar-refractivity contribution < 1.29 is 23.9 Å². The largest absolute Gasteiger partial charge is 0.462 e. The number of hydrogen-bond acceptors (Lipinski definition) is 6. The maximum Gasteiger partial charge on any atom is 0.339 e. The summed E-state index contributed by atoms with van der Waals surface area (Å²) in [7, 11) is 0. The molecular weight excluding hydrogens is 369 g/mol. The van der Waals surface area contributed by atoms with Gasteiger partial charge in [-0.2, -0.15) is 0 Å². The zero-order valence-corrected chi connectivity index (χ0v) is 15.9. The first-order valence-corrected chi connectivity index (χ1v) is 8.34. The minimum absolute atomic E-state index is 0.0126. The quantitative estimate of drug-likeness (QED) is 0.400. The molecule has 0 aromatic heterocycles. The molecule has 25 heavy (non-hydrogen) atoms. The summed E-state index contributed by atoms with van der Waals surface area (Å²) in [5.74, 6) is -2.97. The Morgan fingerprint density at radius 2 is 1.88 bits per heavy atom. The molecule has 0 saturated carbocycles. The van der Waals surface area contributed by atoms with Crippen LogP contribution in [-0.2, 0) is 19.1 Å². The third kappa shape index (κ3) is 6.14. The fourth-order valence-electron chi connectivity index (χ4n) is 1.82. The van der Waals surface area contributed by atoms with Gasteiger partial charge in [0.15, 0.2) is 5.92 Å². The van der Waals surface area contributed by atoms with Gasteiger partial charge in [0.2, 0.25) is 0 Å². The van der Waals surface area contributed by atoms with Crippen LogP contribution < -0.4 is 0 Å². The Kier molecular flexibility index (Phi) is 8.06. The van der Waals surface area contributed by atoms with E-state index in [1.807, 2.05) is 0 Å². The highest BCUT2D eigenvalue weighted by Gasteiger charge is 2.24. The van der Waals surface area contributed by atoms with Crippen molar-refractivity contribution in [1.29, 1.82) is 0 Å². The zero-order chi connectivity index (χ0) is 19.1. The van der Waals surface area contributed by atoms with Crippen LogP contribution in [0.2, 0.25) is 10.0 Å². The van der Waals surface area contributed by atoms with E-state index in [0.717, 1.165) is 6.21 Å². The molecule has 1 rings (SSSR count). The van der Waals surface area contributed by atoms with E-state index in [4.69, 9.17) is 32.7 Å². The van der Waals surface area contributed by atoms with Crippen LogP contribution in [0.15, 0.2) is 17.1 Å². The summed E-state index contributed by atoms with van der Waals surface area (Å²) in [5.41, 5.74) is 0.188. The van der Waals surface area contributed by atoms with Gasteiger partial charge in [-0.15, -0.1) is 0 Å². The maximum absolute atomic E-state index is 12.0. The summed E-state index contributed by atoms with van der Waals surface area (Å²) in [6.45, 7) is 6.43. The Bertz CT molecular complexity index is 701. The lowest BCUT2D eigenvalue weighted by atomic mass is 10.1. The summed E-state index contributed by atoms with van der Waals surface area (Å²) in [4.78, 5) is 39.6. The smallest absolute Gasteiger partial charge is 0.339 e. The van der Waals surface area contributed by atoms with Crippen LogP contribution in [0.5, 0.6) is 0 Å². The lowest BCUT2D eigenvalue weighted by Gasteiger charge is -2.12. The fraction of sp³-hybridized carbons (Fsp3) is 0.412. The Morgan fingerprint density at radius 1 is 1.24 bits per heavy atom. The van der Waals surface area contributed by atoms with E-state index in [1.165, 1.54) is 19.1 Å². The molecule has 0 bridgehead atoms. The number of carbonyl (C=O) groups is 3. The number of rotatable bonds is 7. The van der Waals surface area contributed by atoms with Gasteiger partial charge in [-0.05, 0) is 39.8 Å². The van der Waals surface area contributed by atoms with Crippen molar-refractivity contribution in [1.82, 2.24) is 0 Å². The lowest BCUT2D eigenvalue weighted by molar-refractivity contribution is -0.151. The Morgan fingerprint density at radius 3 is 2.40 bits per heavy atom. The van der Waals surface area contributed by atoms with Crippen molar-refractivity contribution >= 4 is 52.8 Å². The third-order valence-electron chi connectivity index (χ3n) is 2.92. The summed E-state index contributed by atoms with van der Waals surface area (Å²) in [6.07, 6.45) is 0.757. The molecule has 0 aliphatic rings. The van der Waals surface area contributed by atoms with Gasteiger partial charge in [-0.1, -0.05) is 23.2 Å². The maximum atomic E-state index is 12.0. The molecular formula is C17H19Cl2NO5. The highest BCUT2D eigenvalue weighted by molar-refractivity contribution is 6.38. The predicted octanol–water partition coefficient (Wildman–Crippen LogP) is 4.03. The molecule has 0 saturated heterocycles. The normalized spacial score (nSPS) is 12.3. The molecule has 1 aromatic carbocycles. The van der Waals surface area contributed by atoms with E-state index in [1.54, 1.807) is 20.8 Å². The first-order chi connectivity index (χ1) is 11.7. The van der Waals surface area contributed by atoms with Gasteiger partial charge < -0.3 is 9.47 Å². The van der Waals surface area contributed by atoms with Crippen molar-refractivity contribution in [2.45, 2.75) is 33.8 Å². The van der Waals surface area contributed by atoms with Crippen molar-refractivity contribution in [3.05, 3.63) is 27.7 Å². The summed E-state index contributed by atoms with van der Waals surface area (Å²) >= 11 is 12.1. The molecule has 0 N–H and O–H groups in total. The van der Waals surface area contributed by atoms with Gasteiger partial charge in [-0.25, -0.2) is 4.79 Å². The number of nitrogens with zero attached hydrogens (tertiary/aromatic N) is 1. The molecule has 0 aliphatic heterocycles. The molecule has 0 aliphatic carbocycles. The lowest BCUT2D eigenvalue weighted by Crippen LogP contribution is -2.27. The van der Waals surface area contributed by atoms with Crippen LogP contribution in [0.25, 0.3) is 0 Å². The van der Waals surface area contributed by atoms with Gasteiger partial charge >= 0.3 is 11.9 Å². The van der Waals surface area contributed by atoms with E-state index in [9.17, 15) is 14.4 Å². The number of ketones is 1. The van der Waals surface area contributed by atoms with Crippen LogP contribution in [0.3, 0.4) is 0 Å². The van der Waals surface area contributed by atoms with Gasteiger partial charge in [0, 0.05) is 11.2 Å². The summed E-state index contributed by atoms with van der Waals surface area (Å²) in [5, 5.41) is 0.224. The van der Waals surface area contributed by atoms with Crippen molar-refractivity contribution in [2.75, 3.05) is 6.61 Å². The van der Waals surface area contributed by atoms with Crippen molar-refractivity contribution in [3.8, 4) is 0 Å². The first kappa shape index (κ1) is 21.1. The monoisotopic (exact) mass is 387 g/mol. The standard InChI is InChI=1S/C17H19Cl2NO5/c1-5-24-16(22)12-6-11(18)7-14(15(12)19)20-8-13(10(4)21)17(23)25-9(2)3/h6-9,13H,5H2,1-4H3. The van der Waals surface area contributed by atoms with Crippen molar-refractivity contribution in [3.63, 3.8) is 0 Å². The fourth-order valence-corrected chi connectivity index (χ4v) is 2.27. The van der Waals surface area contributed by atoms with E-state index >= 15 is 0 Å². The first-order valence-electron chi connectivity index (χ1n) is 7.58. The van der Waals surface area contributed by atoms with E-state index < -0.39 is 23.6 Å². The SMILES string of the molecule is CCOC(=O)c1cc(Cl)cc(N=CC(C(C)=O)C(=O)OC(C)C)c1Cl. The number of Topliss-reactive ketones (excluding diaryl/α,β-unsaturated/α-hetero) is 1. The second kappa shape index (κ2) is 9.53. The summed E-state index contributed by atoms with van der Waals surface area (Å²) in [6, 6.07) is 2.77. The Balaban J connectivity index is 3.19. The average Bonchev–Trinajstić information content (AvgIpc) is 2.49. The molecule has 1 atom stereocenters. The number of halogens is 2. The van der Waals surface area contributed by atoms with Gasteiger partial charge in [0.25, 0.3) is 0 Å². The van der Waals surface area contributed by atoms with Crippen LogP contribution in [0.1, 0.15) is 38.1 Å². The number of carbonyl (C=O) groups excluding carboxylic acids is 3. The van der Waals surface area contributed by atoms with E-state index in [0.29, 0.717) is 0 Å². The number of ether oxygens (including phenoxy) is 2. The molecule has 0 heterocycles. The average molecular weight is 388 g/mol. The zero-order valence-electron chi connectivity index (χ0n) is 14.3. The predicted molar refractivity (Wildman–Crippen MR) is 96.0 cm³/mol. The van der Waals surface area contributed by atoms with Crippen LogP contribution >= 0.6 is 23.2 Å². The molecule has 0 fully saturated rings. The topological polar surface area (TPSA) is 82.0 Å². The third-order valence-corrected chi connectivity index (χ3v) is 3.54. The molecule has 1 unspecified atom stereocenters. The van der Waals surface area contributed by atoms with Gasteiger partial charge in [-0.3, -0.25) is 14.6 Å². The molecule has 0 radical (unpaired) electrons. The minimum atomic E-state index is -1.18. The summed E-state index contributed by atoms with van der Waals surface area (Å²) < 4.78 is 9.93. The molecule has 8 heteroatoms. The van der Waals surface area contributed by atoms with Crippen LogP contribution in [0, 0.1) is 5.92 Å².